The van der Waals surface area contributed by atoms with E-state index >= 15 is 0 Å². The number of carbonyl (C=O) groups is 1. The predicted molar refractivity (Wildman–Crippen MR) is 110 cm³/mol. The van der Waals surface area contributed by atoms with E-state index in [-0.39, 0.29) is 5.57 Å². The van der Waals surface area contributed by atoms with Gasteiger partial charge in [0, 0.05) is 17.1 Å². The van der Waals surface area contributed by atoms with E-state index in [0.717, 1.165) is 37.0 Å². The molecule has 7 heteroatoms. The van der Waals surface area contributed by atoms with Gasteiger partial charge in [-0.1, -0.05) is 26.7 Å². The first-order valence-corrected chi connectivity index (χ1v) is 10.1. The highest BCUT2D eigenvalue weighted by molar-refractivity contribution is 7.15. The van der Waals surface area contributed by atoms with Crippen LogP contribution in [0.2, 0.25) is 0 Å². The lowest BCUT2D eigenvalue weighted by molar-refractivity contribution is -0.132. The fourth-order valence-electron chi connectivity index (χ4n) is 2.31. The van der Waals surface area contributed by atoms with Crippen molar-refractivity contribution in [2.75, 3.05) is 13.2 Å². The first-order chi connectivity index (χ1) is 13.6. The van der Waals surface area contributed by atoms with Crippen molar-refractivity contribution in [1.82, 2.24) is 4.98 Å². The van der Waals surface area contributed by atoms with Crippen LogP contribution in [-0.2, 0) is 4.79 Å². The molecule has 2 rings (SSSR count). The van der Waals surface area contributed by atoms with Crippen LogP contribution in [0.3, 0.4) is 0 Å². The number of carboxylic acid groups (broad SMARTS) is 1. The molecule has 0 fully saturated rings. The Balaban J connectivity index is 2.30. The largest absolute Gasteiger partial charge is 0.493 e. The molecule has 0 saturated carbocycles. The lowest BCUT2D eigenvalue weighted by Gasteiger charge is -2.12. The number of nitriles is 1. The molecular formula is C21H24N2O4S. The van der Waals surface area contributed by atoms with Gasteiger partial charge in [-0.3, -0.25) is 0 Å². The average molecular weight is 401 g/mol. The molecule has 0 unspecified atom stereocenters. The summed E-state index contributed by atoms with van der Waals surface area (Å²) in [6.45, 7) is 5.46. The first-order valence-electron chi connectivity index (χ1n) is 9.30. The molecule has 1 aromatic carbocycles. The lowest BCUT2D eigenvalue weighted by Crippen LogP contribution is -2.00. The maximum Gasteiger partial charge on any atom is 0.346 e. The van der Waals surface area contributed by atoms with Gasteiger partial charge in [0.15, 0.2) is 0 Å². The van der Waals surface area contributed by atoms with Gasteiger partial charge in [0.1, 0.15) is 28.1 Å². The molecule has 1 aromatic heterocycles. The van der Waals surface area contributed by atoms with Crippen molar-refractivity contribution in [1.29, 1.82) is 5.26 Å². The zero-order valence-electron chi connectivity index (χ0n) is 16.1. The minimum atomic E-state index is -1.25. The Kier molecular flexibility index (Phi) is 8.50. The molecule has 0 bridgehead atoms. The number of nitrogens with zero attached hydrogens (tertiary/aromatic N) is 2. The Labute approximate surface area is 169 Å². The summed E-state index contributed by atoms with van der Waals surface area (Å²) in [5.74, 6) is 0.179. The Morgan fingerprint density at radius 1 is 1.25 bits per heavy atom. The summed E-state index contributed by atoms with van der Waals surface area (Å²) in [6.07, 6.45) is 6.90. The summed E-state index contributed by atoms with van der Waals surface area (Å²) in [4.78, 5) is 16.0. The zero-order chi connectivity index (χ0) is 20.4. The van der Waals surface area contributed by atoms with Gasteiger partial charge in [-0.2, -0.15) is 5.26 Å². The summed E-state index contributed by atoms with van der Waals surface area (Å²) >= 11 is 1.31. The van der Waals surface area contributed by atoms with Gasteiger partial charge in [-0.15, -0.1) is 11.3 Å². The number of benzene rings is 1. The topological polar surface area (TPSA) is 92.4 Å². The third-order valence-electron chi connectivity index (χ3n) is 3.87. The lowest BCUT2D eigenvalue weighted by atomic mass is 10.2. The fraction of sp³-hybridized carbons (Fsp3) is 0.381. The van der Waals surface area contributed by atoms with E-state index < -0.39 is 5.97 Å². The van der Waals surface area contributed by atoms with Crippen LogP contribution in [0.15, 0.2) is 30.0 Å². The normalized spacial score (nSPS) is 11.1. The SMILES string of the molecule is CCCCOc1ccc(-c2ncc(C=C(C#N)C(=O)O)s2)c(OCCCC)c1. The van der Waals surface area contributed by atoms with E-state index in [2.05, 4.69) is 18.8 Å². The maximum absolute atomic E-state index is 11.0. The van der Waals surface area contributed by atoms with E-state index in [4.69, 9.17) is 19.8 Å². The molecule has 28 heavy (non-hydrogen) atoms. The number of hydrogen-bond acceptors (Lipinski definition) is 6. The highest BCUT2D eigenvalue weighted by Crippen LogP contribution is 2.36. The van der Waals surface area contributed by atoms with E-state index in [1.807, 2.05) is 18.2 Å². The second-order valence-electron chi connectivity index (χ2n) is 6.10. The summed E-state index contributed by atoms with van der Waals surface area (Å²) in [6, 6.07) is 7.33. The van der Waals surface area contributed by atoms with Crippen LogP contribution in [0.5, 0.6) is 11.5 Å². The number of aliphatic carboxylic acids is 1. The van der Waals surface area contributed by atoms with E-state index in [1.54, 1.807) is 12.3 Å². The number of unbranched alkanes of at least 4 members (excludes halogenated alkanes) is 2. The summed E-state index contributed by atoms with van der Waals surface area (Å²) < 4.78 is 11.7. The van der Waals surface area contributed by atoms with Crippen LogP contribution in [-0.4, -0.2) is 29.3 Å². The van der Waals surface area contributed by atoms with Crippen LogP contribution < -0.4 is 9.47 Å². The van der Waals surface area contributed by atoms with Crippen molar-refractivity contribution in [2.24, 2.45) is 0 Å². The first kappa shape index (κ1) is 21.5. The van der Waals surface area contributed by atoms with E-state index in [9.17, 15) is 4.79 Å². The van der Waals surface area contributed by atoms with Crippen molar-refractivity contribution in [2.45, 2.75) is 39.5 Å². The Morgan fingerprint density at radius 2 is 1.96 bits per heavy atom. The maximum atomic E-state index is 11.0. The molecule has 0 aliphatic carbocycles. The number of carboxylic acids is 1. The summed E-state index contributed by atoms with van der Waals surface area (Å²) in [7, 11) is 0. The Hall–Kier alpha value is -2.85. The van der Waals surface area contributed by atoms with Crippen LogP contribution in [0.25, 0.3) is 16.6 Å². The molecule has 0 saturated heterocycles. The third-order valence-corrected chi connectivity index (χ3v) is 4.84. The number of thiazole rings is 1. The van der Waals surface area contributed by atoms with Crippen molar-refractivity contribution in [3.8, 4) is 28.1 Å². The Bertz CT molecular complexity index is 868. The average Bonchev–Trinajstić information content (AvgIpc) is 3.15. The second-order valence-corrected chi connectivity index (χ2v) is 7.17. The smallest absolute Gasteiger partial charge is 0.346 e. The van der Waals surface area contributed by atoms with Gasteiger partial charge in [0.2, 0.25) is 0 Å². The highest BCUT2D eigenvalue weighted by atomic mass is 32.1. The number of hydrogen-bond donors (Lipinski definition) is 1. The van der Waals surface area contributed by atoms with E-state index in [0.29, 0.717) is 28.8 Å². The van der Waals surface area contributed by atoms with E-state index in [1.165, 1.54) is 17.4 Å². The van der Waals surface area contributed by atoms with Crippen LogP contribution in [0.4, 0.5) is 0 Å². The van der Waals surface area contributed by atoms with Crippen molar-refractivity contribution in [3.63, 3.8) is 0 Å². The monoisotopic (exact) mass is 400 g/mol. The minimum Gasteiger partial charge on any atom is -0.493 e. The molecule has 0 atom stereocenters. The molecule has 1 heterocycles. The number of ether oxygens (including phenoxy) is 2. The third kappa shape index (κ3) is 6.10. The van der Waals surface area contributed by atoms with Gasteiger partial charge in [0.05, 0.1) is 18.8 Å². The highest BCUT2D eigenvalue weighted by Gasteiger charge is 2.14. The van der Waals surface area contributed by atoms with Crippen LogP contribution in [0.1, 0.15) is 44.4 Å². The van der Waals surface area contributed by atoms with Gasteiger partial charge in [-0.25, -0.2) is 9.78 Å². The van der Waals surface area contributed by atoms with Gasteiger partial charge < -0.3 is 14.6 Å². The molecule has 0 aliphatic rings. The molecule has 6 nitrogen and oxygen atoms in total. The number of rotatable bonds is 11. The number of aromatic nitrogens is 1. The van der Waals surface area contributed by atoms with Gasteiger partial charge in [-0.05, 0) is 31.1 Å². The minimum absolute atomic E-state index is 0.325. The van der Waals surface area contributed by atoms with Crippen molar-refractivity contribution in [3.05, 3.63) is 34.8 Å². The Morgan fingerprint density at radius 3 is 2.61 bits per heavy atom. The molecule has 1 N–H and O–H groups in total. The molecular weight excluding hydrogens is 376 g/mol. The van der Waals surface area contributed by atoms with Crippen LogP contribution >= 0.6 is 11.3 Å². The molecule has 0 spiro atoms. The molecule has 2 aromatic rings. The predicted octanol–water partition coefficient (Wildman–Crippen LogP) is 5.16. The summed E-state index contributed by atoms with van der Waals surface area (Å²) in [5, 5.41) is 18.6. The van der Waals surface area contributed by atoms with Crippen molar-refractivity contribution < 1.29 is 19.4 Å². The van der Waals surface area contributed by atoms with Gasteiger partial charge >= 0.3 is 5.97 Å². The quantitative estimate of drug-likeness (QED) is 0.318. The standard InChI is InChI=1S/C21H24N2O4S/c1-3-5-9-26-16-7-8-18(19(12-16)27-10-6-4-2)20-23-14-17(28-20)11-15(13-22)21(24)25/h7-8,11-12,14H,3-6,9-10H2,1-2H3,(H,24,25). The molecule has 148 valence electrons. The van der Waals surface area contributed by atoms with Crippen LogP contribution in [0, 0.1) is 11.3 Å². The zero-order valence-corrected chi connectivity index (χ0v) is 16.9. The molecule has 0 radical (unpaired) electrons. The molecule has 0 aliphatic heterocycles. The van der Waals surface area contributed by atoms with Gasteiger partial charge in [0.25, 0.3) is 0 Å². The summed E-state index contributed by atoms with van der Waals surface area (Å²) in [5.41, 5.74) is 0.492. The molecule has 0 amide bonds. The van der Waals surface area contributed by atoms with Crippen molar-refractivity contribution >= 4 is 23.4 Å². The second kappa shape index (κ2) is 11.1. The fourth-order valence-corrected chi connectivity index (χ4v) is 3.20.